The first-order valence-corrected chi connectivity index (χ1v) is 11.4. The maximum Gasteiger partial charge on any atom is 0.332 e. The van der Waals surface area contributed by atoms with Crippen molar-refractivity contribution in [1.29, 1.82) is 5.26 Å². The molecule has 0 aliphatic carbocycles. The second-order valence-corrected chi connectivity index (χ2v) is 8.99. The smallest absolute Gasteiger partial charge is 0.332 e. The van der Waals surface area contributed by atoms with Crippen molar-refractivity contribution in [1.82, 2.24) is 14.8 Å². The minimum atomic E-state index is -0.718. The van der Waals surface area contributed by atoms with Crippen LogP contribution in [0.2, 0.25) is 0 Å². The average molecular weight is 467 g/mol. The molecule has 35 heavy (non-hydrogen) atoms. The molecule has 2 aromatic carbocycles. The molecule has 0 N–H and O–H groups in total. The number of likely N-dealkylation sites (tertiary alicyclic amines) is 1. The van der Waals surface area contributed by atoms with Gasteiger partial charge in [-0.1, -0.05) is 36.4 Å². The van der Waals surface area contributed by atoms with Gasteiger partial charge in [-0.25, -0.2) is 14.7 Å². The van der Waals surface area contributed by atoms with Gasteiger partial charge in [0.05, 0.1) is 37.5 Å². The highest BCUT2D eigenvalue weighted by atomic mass is 16.5. The Bertz CT molecular complexity index is 1450. The molecule has 174 valence electrons. The molecule has 3 fully saturated rings. The summed E-state index contributed by atoms with van der Waals surface area (Å²) in [6.07, 6.45) is 2.20. The number of carbonyl (C=O) groups excluding carboxylic acids is 3. The number of ether oxygens (including phenoxy) is 1. The van der Waals surface area contributed by atoms with Crippen molar-refractivity contribution in [3.63, 3.8) is 0 Å². The minimum absolute atomic E-state index is 0.0745. The summed E-state index contributed by atoms with van der Waals surface area (Å²) in [4.78, 5) is 49.0. The van der Waals surface area contributed by atoms with E-state index in [0.29, 0.717) is 35.2 Å². The second kappa shape index (κ2) is 7.81. The van der Waals surface area contributed by atoms with E-state index in [2.05, 4.69) is 11.1 Å². The molecule has 2 unspecified atom stereocenters. The van der Waals surface area contributed by atoms with Gasteiger partial charge in [0.15, 0.2) is 0 Å². The number of piperazine rings is 1. The maximum absolute atomic E-state index is 13.6. The van der Waals surface area contributed by atoms with E-state index in [4.69, 9.17) is 4.74 Å². The fourth-order valence-corrected chi connectivity index (χ4v) is 5.67. The Morgan fingerprint density at radius 1 is 1.17 bits per heavy atom. The van der Waals surface area contributed by atoms with E-state index in [0.717, 1.165) is 10.5 Å². The van der Waals surface area contributed by atoms with Crippen molar-refractivity contribution < 1.29 is 19.1 Å². The maximum atomic E-state index is 13.6. The topological polar surface area (TPSA) is 107 Å². The number of aromatic nitrogens is 1. The molecule has 6 rings (SSSR count). The van der Waals surface area contributed by atoms with E-state index in [1.807, 2.05) is 24.3 Å². The van der Waals surface area contributed by atoms with Gasteiger partial charge >= 0.3 is 6.03 Å². The number of pyridine rings is 1. The van der Waals surface area contributed by atoms with E-state index < -0.39 is 12.1 Å². The number of methoxy groups -OCH3 is 1. The van der Waals surface area contributed by atoms with Gasteiger partial charge < -0.3 is 14.5 Å². The van der Waals surface area contributed by atoms with Gasteiger partial charge in [-0.05, 0) is 24.1 Å². The van der Waals surface area contributed by atoms with Crippen molar-refractivity contribution in [2.45, 2.75) is 31.0 Å². The van der Waals surface area contributed by atoms with E-state index in [1.54, 1.807) is 41.2 Å². The quantitative estimate of drug-likeness (QED) is 0.546. The van der Waals surface area contributed by atoms with Crippen LogP contribution in [0.15, 0.2) is 54.7 Å². The number of rotatable bonds is 4. The Balaban J connectivity index is 1.30. The van der Waals surface area contributed by atoms with Gasteiger partial charge in [0.2, 0.25) is 5.91 Å². The lowest BCUT2D eigenvalue weighted by Gasteiger charge is -2.35. The third-order valence-electron chi connectivity index (χ3n) is 7.20. The molecule has 0 saturated carbocycles. The molecule has 4 amide bonds. The number of benzene rings is 2. The molecular formula is C26H21N5O4. The zero-order valence-corrected chi connectivity index (χ0v) is 18.9. The number of hydrogen-bond acceptors (Lipinski definition) is 6. The molecule has 3 aliphatic rings. The molecular weight excluding hydrogens is 446 g/mol. The minimum Gasteiger partial charge on any atom is -0.497 e. The summed E-state index contributed by atoms with van der Waals surface area (Å²) in [6.45, 7) is 0.406. The van der Waals surface area contributed by atoms with Crippen molar-refractivity contribution in [3.8, 4) is 11.8 Å². The van der Waals surface area contributed by atoms with Crippen molar-refractivity contribution in [2.75, 3.05) is 18.6 Å². The molecule has 3 aliphatic heterocycles. The SMILES string of the molecule is COc1cccc(CC(=O)N2CC3CC2[C@@H]2C(=O)N(c4cnc(C#N)c5ccccc45)C(=O)N32)c1. The number of anilines is 1. The standard InChI is InChI=1S/C26H21N5O4/c1-35-17-6-4-5-15(9-17)10-23(32)29-14-16-11-21(29)24-25(33)31(26(34)30(16)24)22-13-28-20(12-27)18-7-2-3-8-19(18)22/h2-9,13,16,21,24H,10-11,14H2,1H3/t16?,21?,24-/m1/s1. The van der Waals surface area contributed by atoms with E-state index in [1.165, 1.54) is 6.20 Å². The summed E-state index contributed by atoms with van der Waals surface area (Å²) in [5.41, 5.74) is 1.43. The second-order valence-electron chi connectivity index (χ2n) is 8.99. The number of hydrogen-bond donors (Lipinski definition) is 0. The van der Waals surface area contributed by atoms with Crippen LogP contribution >= 0.6 is 0 Å². The van der Waals surface area contributed by atoms with E-state index in [9.17, 15) is 19.6 Å². The molecule has 9 nitrogen and oxygen atoms in total. The summed E-state index contributed by atoms with van der Waals surface area (Å²) in [6, 6.07) is 14.8. The molecule has 1 aromatic heterocycles. The van der Waals surface area contributed by atoms with Crippen LogP contribution in [-0.4, -0.2) is 64.4 Å². The first-order chi connectivity index (χ1) is 17.0. The Labute approximate surface area is 201 Å². The van der Waals surface area contributed by atoms with Gasteiger partial charge in [-0.2, -0.15) is 5.26 Å². The van der Waals surface area contributed by atoms with Crippen LogP contribution in [0.3, 0.4) is 0 Å². The van der Waals surface area contributed by atoms with Crippen LogP contribution in [-0.2, 0) is 16.0 Å². The third-order valence-corrected chi connectivity index (χ3v) is 7.20. The third kappa shape index (κ3) is 3.06. The molecule has 0 spiro atoms. The van der Waals surface area contributed by atoms with Crippen LogP contribution in [0.25, 0.3) is 10.8 Å². The lowest BCUT2D eigenvalue weighted by Crippen LogP contribution is -2.55. The highest BCUT2D eigenvalue weighted by Crippen LogP contribution is 2.43. The van der Waals surface area contributed by atoms with Gasteiger partial charge in [0.1, 0.15) is 23.6 Å². The molecule has 3 atom stereocenters. The number of imide groups is 1. The van der Waals surface area contributed by atoms with Gasteiger partial charge in [0, 0.05) is 17.3 Å². The highest BCUT2D eigenvalue weighted by Gasteiger charge is 2.63. The Morgan fingerprint density at radius 3 is 2.74 bits per heavy atom. The normalized spacial score (nSPS) is 22.6. The molecule has 4 heterocycles. The zero-order chi connectivity index (χ0) is 24.3. The first-order valence-electron chi connectivity index (χ1n) is 11.4. The lowest BCUT2D eigenvalue weighted by molar-refractivity contribution is -0.135. The summed E-state index contributed by atoms with van der Waals surface area (Å²) in [5, 5.41) is 10.6. The largest absolute Gasteiger partial charge is 0.497 e. The fourth-order valence-electron chi connectivity index (χ4n) is 5.67. The summed E-state index contributed by atoms with van der Waals surface area (Å²) in [5.74, 6) is 0.243. The highest BCUT2D eigenvalue weighted by molar-refractivity contribution is 6.25. The number of fused-ring (bicyclic) bond motifs is 6. The number of urea groups is 1. The molecule has 0 radical (unpaired) electrons. The Morgan fingerprint density at radius 2 is 1.97 bits per heavy atom. The van der Waals surface area contributed by atoms with Crippen molar-refractivity contribution >= 4 is 34.3 Å². The van der Waals surface area contributed by atoms with Gasteiger partial charge in [0.25, 0.3) is 5.91 Å². The van der Waals surface area contributed by atoms with Gasteiger partial charge in [-0.3, -0.25) is 9.59 Å². The summed E-state index contributed by atoms with van der Waals surface area (Å²) in [7, 11) is 1.58. The molecule has 3 aromatic rings. The van der Waals surface area contributed by atoms with Crippen LogP contribution in [0.4, 0.5) is 10.5 Å². The average Bonchev–Trinajstić information content (AvgIpc) is 3.55. The van der Waals surface area contributed by atoms with Crippen molar-refractivity contribution in [3.05, 3.63) is 66.0 Å². The number of carbonyl (C=O) groups is 3. The number of nitrogens with zero attached hydrogens (tertiary/aromatic N) is 5. The van der Waals surface area contributed by atoms with Crippen LogP contribution in [0.1, 0.15) is 17.7 Å². The molecule has 9 heteroatoms. The van der Waals surface area contributed by atoms with Crippen LogP contribution in [0, 0.1) is 11.3 Å². The van der Waals surface area contributed by atoms with Gasteiger partial charge in [-0.15, -0.1) is 0 Å². The first kappa shape index (κ1) is 21.1. The lowest BCUT2D eigenvalue weighted by atomic mass is 10.1. The van der Waals surface area contributed by atoms with E-state index >= 15 is 0 Å². The van der Waals surface area contributed by atoms with Crippen LogP contribution in [0.5, 0.6) is 5.75 Å². The molecule has 2 bridgehead atoms. The fraction of sp³-hybridized carbons (Fsp3) is 0.269. The predicted molar refractivity (Wildman–Crippen MR) is 126 cm³/mol. The monoisotopic (exact) mass is 467 g/mol. The summed E-state index contributed by atoms with van der Waals surface area (Å²) >= 11 is 0. The number of nitriles is 1. The number of amides is 4. The predicted octanol–water partition coefficient (Wildman–Crippen LogP) is 2.48. The molecule has 3 saturated heterocycles. The van der Waals surface area contributed by atoms with Crippen LogP contribution < -0.4 is 9.64 Å². The summed E-state index contributed by atoms with van der Waals surface area (Å²) < 4.78 is 5.25. The van der Waals surface area contributed by atoms with Crippen molar-refractivity contribution in [2.24, 2.45) is 0 Å². The Kier molecular flexibility index (Phi) is 4.71. The van der Waals surface area contributed by atoms with E-state index in [-0.39, 0.29) is 36.0 Å². The zero-order valence-electron chi connectivity index (χ0n) is 18.9. The Hall–Kier alpha value is -4.45.